The summed E-state index contributed by atoms with van der Waals surface area (Å²) in [4.78, 5) is 16.3. The van der Waals surface area contributed by atoms with Gasteiger partial charge in [0, 0.05) is 22.5 Å². The first-order chi connectivity index (χ1) is 8.54. The van der Waals surface area contributed by atoms with E-state index in [0.717, 1.165) is 26.6 Å². The largest absolute Gasteiger partial charge is 0.355 e. The molecule has 1 heterocycles. The molecule has 0 bridgehead atoms. The summed E-state index contributed by atoms with van der Waals surface area (Å²) in [7, 11) is 1.62. The van der Waals surface area contributed by atoms with Crippen molar-refractivity contribution in [1.82, 2.24) is 10.3 Å². The van der Waals surface area contributed by atoms with Crippen molar-refractivity contribution in [2.24, 2.45) is 0 Å². The number of amides is 1. The number of allylic oxidation sites excluding steroid dienone is 1. The Labute approximate surface area is 114 Å². The predicted molar refractivity (Wildman–Crippen MR) is 77.5 cm³/mol. The number of pyridine rings is 1. The fraction of sp³-hybridized carbons (Fsp3) is 0.143. The van der Waals surface area contributed by atoms with Crippen molar-refractivity contribution in [1.29, 1.82) is 0 Å². The Balaban J connectivity index is 2.76. The maximum absolute atomic E-state index is 11.8. The first-order valence-corrected chi connectivity index (χ1v) is 6.31. The highest BCUT2D eigenvalue weighted by Crippen LogP contribution is 2.27. The highest BCUT2D eigenvalue weighted by Gasteiger charge is 2.12. The van der Waals surface area contributed by atoms with E-state index in [9.17, 15) is 4.79 Å². The van der Waals surface area contributed by atoms with Crippen LogP contribution in [-0.2, 0) is 0 Å². The summed E-state index contributed by atoms with van der Waals surface area (Å²) in [5.41, 5.74) is 3.12. The SMILES string of the molecule is C=C(C)c1ccc2c(C(=O)NC)ccc(Br)c2n1. The van der Waals surface area contributed by atoms with Gasteiger partial charge in [-0.2, -0.15) is 0 Å². The Hall–Kier alpha value is -1.68. The Morgan fingerprint density at radius 1 is 1.33 bits per heavy atom. The van der Waals surface area contributed by atoms with Crippen LogP contribution >= 0.6 is 15.9 Å². The number of benzene rings is 1. The van der Waals surface area contributed by atoms with Crippen molar-refractivity contribution < 1.29 is 4.79 Å². The first-order valence-electron chi connectivity index (χ1n) is 5.52. The van der Waals surface area contributed by atoms with Crippen LogP contribution in [0.25, 0.3) is 16.5 Å². The van der Waals surface area contributed by atoms with E-state index in [1.54, 1.807) is 13.1 Å². The zero-order valence-electron chi connectivity index (χ0n) is 10.2. The summed E-state index contributed by atoms with van der Waals surface area (Å²) in [6, 6.07) is 7.40. The fourth-order valence-electron chi connectivity index (χ4n) is 1.75. The second-order valence-corrected chi connectivity index (χ2v) is 4.90. The normalized spacial score (nSPS) is 10.4. The molecular formula is C14H13BrN2O. The van der Waals surface area contributed by atoms with Crippen LogP contribution in [0, 0.1) is 0 Å². The van der Waals surface area contributed by atoms with Gasteiger partial charge in [0.05, 0.1) is 11.2 Å². The van der Waals surface area contributed by atoms with Gasteiger partial charge in [-0.1, -0.05) is 6.58 Å². The molecule has 1 amide bonds. The minimum Gasteiger partial charge on any atom is -0.355 e. The number of hydrogen-bond acceptors (Lipinski definition) is 2. The summed E-state index contributed by atoms with van der Waals surface area (Å²) in [6.07, 6.45) is 0. The zero-order chi connectivity index (χ0) is 13.3. The monoisotopic (exact) mass is 304 g/mol. The number of aromatic nitrogens is 1. The van der Waals surface area contributed by atoms with E-state index in [2.05, 4.69) is 32.8 Å². The van der Waals surface area contributed by atoms with Gasteiger partial charge in [0.15, 0.2) is 0 Å². The highest BCUT2D eigenvalue weighted by atomic mass is 79.9. The number of halogens is 1. The summed E-state index contributed by atoms with van der Waals surface area (Å²) in [5, 5.41) is 3.46. The molecule has 0 atom stereocenters. The molecule has 1 aromatic carbocycles. The van der Waals surface area contributed by atoms with Crippen molar-refractivity contribution in [3.8, 4) is 0 Å². The molecule has 1 N–H and O–H groups in total. The standard InChI is InChI=1S/C14H13BrN2O/c1-8(2)12-7-5-9-10(14(18)16-3)4-6-11(15)13(9)17-12/h4-7H,1H2,2-3H3,(H,16,18). The molecule has 0 radical (unpaired) electrons. The number of hydrogen-bond donors (Lipinski definition) is 1. The van der Waals surface area contributed by atoms with E-state index < -0.39 is 0 Å². The third-order valence-electron chi connectivity index (χ3n) is 2.72. The smallest absolute Gasteiger partial charge is 0.251 e. The Bertz CT molecular complexity index is 650. The van der Waals surface area contributed by atoms with Crippen LogP contribution in [0.1, 0.15) is 23.0 Å². The molecule has 0 aliphatic heterocycles. The van der Waals surface area contributed by atoms with Crippen LogP contribution in [0.15, 0.2) is 35.3 Å². The minimum atomic E-state index is -0.114. The van der Waals surface area contributed by atoms with Crippen molar-refractivity contribution in [3.63, 3.8) is 0 Å². The van der Waals surface area contributed by atoms with Gasteiger partial charge in [-0.05, 0) is 52.7 Å². The topological polar surface area (TPSA) is 42.0 Å². The number of carbonyl (C=O) groups excluding carboxylic acids is 1. The lowest BCUT2D eigenvalue weighted by Crippen LogP contribution is -2.18. The molecule has 3 nitrogen and oxygen atoms in total. The molecule has 2 rings (SSSR count). The molecule has 0 saturated carbocycles. The van der Waals surface area contributed by atoms with Crippen LogP contribution in [-0.4, -0.2) is 17.9 Å². The highest BCUT2D eigenvalue weighted by molar-refractivity contribution is 9.10. The first kappa shape index (κ1) is 12.8. The minimum absolute atomic E-state index is 0.114. The van der Waals surface area contributed by atoms with E-state index in [0.29, 0.717) is 5.56 Å². The van der Waals surface area contributed by atoms with Gasteiger partial charge in [-0.3, -0.25) is 4.79 Å². The van der Waals surface area contributed by atoms with E-state index >= 15 is 0 Å². The van der Waals surface area contributed by atoms with Gasteiger partial charge in [0.25, 0.3) is 5.91 Å². The van der Waals surface area contributed by atoms with Crippen LogP contribution < -0.4 is 5.32 Å². The average molecular weight is 305 g/mol. The maximum Gasteiger partial charge on any atom is 0.251 e. The lowest BCUT2D eigenvalue weighted by Gasteiger charge is -2.08. The molecule has 2 aromatic rings. The molecule has 1 aromatic heterocycles. The molecular weight excluding hydrogens is 292 g/mol. The Morgan fingerprint density at radius 3 is 2.67 bits per heavy atom. The molecule has 0 unspecified atom stereocenters. The number of carbonyl (C=O) groups is 1. The van der Waals surface area contributed by atoms with Crippen molar-refractivity contribution >= 4 is 38.3 Å². The number of nitrogens with one attached hydrogen (secondary N) is 1. The predicted octanol–water partition coefficient (Wildman–Crippen LogP) is 3.39. The van der Waals surface area contributed by atoms with E-state index in [-0.39, 0.29) is 5.91 Å². The molecule has 18 heavy (non-hydrogen) atoms. The average Bonchev–Trinajstić information content (AvgIpc) is 2.38. The lowest BCUT2D eigenvalue weighted by molar-refractivity contribution is 0.0964. The fourth-order valence-corrected chi connectivity index (χ4v) is 2.19. The van der Waals surface area contributed by atoms with Gasteiger partial charge in [0.1, 0.15) is 0 Å². The second kappa shape index (κ2) is 4.90. The van der Waals surface area contributed by atoms with Gasteiger partial charge in [-0.25, -0.2) is 4.98 Å². The van der Waals surface area contributed by atoms with E-state index in [1.165, 1.54) is 0 Å². The van der Waals surface area contributed by atoms with Crippen LogP contribution in [0.3, 0.4) is 0 Å². The second-order valence-electron chi connectivity index (χ2n) is 4.05. The van der Waals surface area contributed by atoms with Crippen LogP contribution in [0.2, 0.25) is 0 Å². The molecule has 0 spiro atoms. The summed E-state index contributed by atoms with van der Waals surface area (Å²) in [5.74, 6) is -0.114. The lowest BCUT2D eigenvalue weighted by atomic mass is 10.1. The third-order valence-corrected chi connectivity index (χ3v) is 3.36. The van der Waals surface area contributed by atoms with E-state index in [1.807, 2.05) is 25.1 Å². The quantitative estimate of drug-likeness (QED) is 0.924. The van der Waals surface area contributed by atoms with E-state index in [4.69, 9.17) is 0 Å². The molecule has 0 fully saturated rings. The maximum atomic E-state index is 11.8. The van der Waals surface area contributed by atoms with Crippen molar-refractivity contribution in [3.05, 3.63) is 46.6 Å². The number of rotatable bonds is 2. The summed E-state index contributed by atoms with van der Waals surface area (Å²) in [6.45, 7) is 5.79. The summed E-state index contributed by atoms with van der Waals surface area (Å²) >= 11 is 3.46. The Morgan fingerprint density at radius 2 is 2.06 bits per heavy atom. The number of fused-ring (bicyclic) bond motifs is 1. The van der Waals surface area contributed by atoms with Gasteiger partial charge in [0.2, 0.25) is 0 Å². The molecule has 92 valence electrons. The van der Waals surface area contributed by atoms with Crippen molar-refractivity contribution in [2.45, 2.75) is 6.92 Å². The third kappa shape index (κ3) is 2.16. The molecule has 0 aliphatic rings. The molecule has 0 aliphatic carbocycles. The molecule has 0 saturated heterocycles. The summed E-state index contributed by atoms with van der Waals surface area (Å²) < 4.78 is 0.869. The van der Waals surface area contributed by atoms with Crippen molar-refractivity contribution in [2.75, 3.05) is 7.05 Å². The Kier molecular flexibility index (Phi) is 3.48. The number of nitrogens with zero attached hydrogens (tertiary/aromatic N) is 1. The molecule has 4 heteroatoms. The van der Waals surface area contributed by atoms with Crippen LogP contribution in [0.4, 0.5) is 0 Å². The van der Waals surface area contributed by atoms with Gasteiger partial charge >= 0.3 is 0 Å². The van der Waals surface area contributed by atoms with Gasteiger partial charge < -0.3 is 5.32 Å². The van der Waals surface area contributed by atoms with Gasteiger partial charge in [-0.15, -0.1) is 0 Å². The van der Waals surface area contributed by atoms with Crippen LogP contribution in [0.5, 0.6) is 0 Å². The zero-order valence-corrected chi connectivity index (χ0v) is 11.8.